The SMILES string of the molecule is CC1(C)CC2CN(C(=O)N3CCS(=O)(=O)CC3)C[C@H]1N(c1ccc(N3CCS(=O)(=O)CC3)cc1)C2. The molecule has 5 aliphatic heterocycles. The van der Waals surface area contributed by atoms with Crippen LogP contribution in [-0.4, -0.2) is 108 Å². The fourth-order valence-electron chi connectivity index (χ4n) is 6.21. The molecule has 194 valence electrons. The molecule has 0 spiro atoms. The van der Waals surface area contributed by atoms with Gasteiger partial charge in [0.1, 0.15) is 0 Å². The molecule has 2 amide bonds. The van der Waals surface area contributed by atoms with Gasteiger partial charge in [0.25, 0.3) is 0 Å². The number of carbonyl (C=O) groups excluding carboxylic acids is 1. The summed E-state index contributed by atoms with van der Waals surface area (Å²) in [6.07, 6.45) is 1.05. The van der Waals surface area contributed by atoms with E-state index in [0.717, 1.165) is 24.3 Å². The zero-order chi connectivity index (χ0) is 25.0. The summed E-state index contributed by atoms with van der Waals surface area (Å²) in [7, 11) is -5.94. The van der Waals surface area contributed by atoms with Gasteiger partial charge in [-0.2, -0.15) is 0 Å². The molecule has 6 rings (SSSR count). The predicted octanol–water partition coefficient (Wildman–Crippen LogP) is 1.31. The molecule has 0 aromatic heterocycles. The third-order valence-electron chi connectivity index (χ3n) is 8.20. The first-order valence-electron chi connectivity index (χ1n) is 12.5. The number of sulfone groups is 2. The Morgan fingerprint density at radius 2 is 1.31 bits per heavy atom. The minimum absolute atomic E-state index is 0.0308. The Labute approximate surface area is 208 Å². The number of carbonyl (C=O) groups is 1. The number of piperidine rings is 1. The lowest BCUT2D eigenvalue weighted by Gasteiger charge is -2.48. The molecule has 2 atom stereocenters. The Hall–Kier alpha value is -2.01. The molecule has 0 radical (unpaired) electrons. The van der Waals surface area contributed by atoms with E-state index in [4.69, 9.17) is 0 Å². The van der Waals surface area contributed by atoms with Crippen LogP contribution in [0.4, 0.5) is 16.2 Å². The van der Waals surface area contributed by atoms with Crippen molar-refractivity contribution in [3.8, 4) is 0 Å². The molecule has 5 aliphatic rings. The highest BCUT2D eigenvalue weighted by atomic mass is 32.2. The molecule has 5 fully saturated rings. The molecule has 5 saturated heterocycles. The van der Waals surface area contributed by atoms with E-state index in [2.05, 4.69) is 47.9 Å². The van der Waals surface area contributed by atoms with E-state index in [1.54, 1.807) is 4.90 Å². The van der Waals surface area contributed by atoms with Crippen LogP contribution >= 0.6 is 0 Å². The predicted molar refractivity (Wildman–Crippen MR) is 138 cm³/mol. The maximum Gasteiger partial charge on any atom is 0.320 e. The minimum Gasteiger partial charge on any atom is -0.369 e. The molecule has 0 saturated carbocycles. The Balaban J connectivity index is 1.32. The second-order valence-corrected chi connectivity index (χ2v) is 15.8. The highest BCUT2D eigenvalue weighted by Gasteiger charge is 2.47. The Morgan fingerprint density at radius 1 is 0.771 bits per heavy atom. The van der Waals surface area contributed by atoms with Crippen molar-refractivity contribution >= 4 is 37.1 Å². The van der Waals surface area contributed by atoms with Crippen LogP contribution in [0.5, 0.6) is 0 Å². The van der Waals surface area contributed by atoms with Crippen LogP contribution in [0.25, 0.3) is 0 Å². The fraction of sp³-hybridized carbons (Fsp3) is 0.708. The Bertz CT molecular complexity index is 1150. The lowest BCUT2D eigenvalue weighted by molar-refractivity contribution is 0.153. The molecule has 2 bridgehead atoms. The molecule has 0 N–H and O–H groups in total. The highest BCUT2D eigenvalue weighted by Crippen LogP contribution is 2.43. The molecule has 1 aromatic rings. The maximum absolute atomic E-state index is 13.3. The summed E-state index contributed by atoms with van der Waals surface area (Å²) in [5.41, 5.74) is 2.20. The summed E-state index contributed by atoms with van der Waals surface area (Å²) in [4.78, 5) is 21.6. The van der Waals surface area contributed by atoms with Crippen LogP contribution in [0.2, 0.25) is 0 Å². The van der Waals surface area contributed by atoms with Crippen LogP contribution in [0, 0.1) is 11.3 Å². The van der Waals surface area contributed by atoms with Gasteiger partial charge in [0.15, 0.2) is 19.7 Å². The summed E-state index contributed by atoms with van der Waals surface area (Å²) in [6, 6.07) is 8.52. The third kappa shape index (κ3) is 5.12. The van der Waals surface area contributed by atoms with E-state index in [-0.39, 0.29) is 53.6 Å². The van der Waals surface area contributed by atoms with Crippen LogP contribution in [0.15, 0.2) is 24.3 Å². The lowest BCUT2D eigenvalue weighted by Crippen LogP contribution is -2.55. The van der Waals surface area contributed by atoms with Gasteiger partial charge in [-0.3, -0.25) is 0 Å². The summed E-state index contributed by atoms with van der Waals surface area (Å²) < 4.78 is 47.2. The molecule has 5 heterocycles. The quantitative estimate of drug-likeness (QED) is 0.575. The zero-order valence-corrected chi connectivity index (χ0v) is 22.2. The summed E-state index contributed by atoms with van der Waals surface area (Å²) in [6.45, 7) is 8.36. The Kier molecular flexibility index (Phi) is 6.22. The van der Waals surface area contributed by atoms with Gasteiger partial charge >= 0.3 is 6.03 Å². The van der Waals surface area contributed by atoms with E-state index in [1.807, 2.05) is 4.90 Å². The van der Waals surface area contributed by atoms with Gasteiger partial charge < -0.3 is 19.6 Å². The van der Waals surface area contributed by atoms with E-state index < -0.39 is 19.7 Å². The lowest BCUT2D eigenvalue weighted by atomic mass is 9.73. The van der Waals surface area contributed by atoms with Crippen molar-refractivity contribution in [2.24, 2.45) is 11.3 Å². The maximum atomic E-state index is 13.3. The number of urea groups is 1. The number of hydrogen-bond donors (Lipinski definition) is 0. The average molecular weight is 525 g/mol. The van der Waals surface area contributed by atoms with Crippen LogP contribution in [-0.2, 0) is 19.7 Å². The smallest absolute Gasteiger partial charge is 0.320 e. The number of fused-ring (bicyclic) bond motifs is 4. The second-order valence-electron chi connectivity index (χ2n) is 11.2. The number of rotatable bonds is 2. The number of benzene rings is 1. The standard InChI is InChI=1S/C24H36N4O5S2/c1-24(2)15-19-16-27(23(29)26-9-13-35(32,33)14-10-26)18-22(24)28(17-19)21-5-3-20(4-6-21)25-7-11-34(30,31)12-8-25/h3-6,19,22H,7-18H2,1-2H3/t19?,22-/m1/s1. The first-order chi connectivity index (χ1) is 16.4. The summed E-state index contributed by atoms with van der Waals surface area (Å²) >= 11 is 0. The molecule has 9 nitrogen and oxygen atoms in total. The van der Waals surface area contributed by atoms with Crippen LogP contribution in [0.1, 0.15) is 20.3 Å². The van der Waals surface area contributed by atoms with E-state index in [0.29, 0.717) is 32.1 Å². The van der Waals surface area contributed by atoms with Crippen molar-refractivity contribution in [1.82, 2.24) is 9.80 Å². The van der Waals surface area contributed by atoms with Gasteiger partial charge in [-0.05, 0) is 42.0 Å². The first kappa shape index (κ1) is 24.7. The number of hydrogen-bond acceptors (Lipinski definition) is 7. The van der Waals surface area contributed by atoms with Crippen LogP contribution in [0.3, 0.4) is 0 Å². The molecule has 0 aliphatic carbocycles. The highest BCUT2D eigenvalue weighted by molar-refractivity contribution is 7.91. The monoisotopic (exact) mass is 524 g/mol. The molecular formula is C24H36N4O5S2. The first-order valence-corrected chi connectivity index (χ1v) is 16.1. The van der Waals surface area contributed by atoms with E-state index in [1.165, 1.54) is 0 Å². The number of amides is 2. The largest absolute Gasteiger partial charge is 0.369 e. The minimum atomic E-state index is -3.03. The van der Waals surface area contributed by atoms with Gasteiger partial charge in [0.2, 0.25) is 0 Å². The summed E-state index contributed by atoms with van der Waals surface area (Å²) in [5, 5.41) is 0. The normalized spacial score (nSPS) is 29.7. The van der Waals surface area contributed by atoms with Crippen LogP contribution < -0.4 is 9.80 Å². The van der Waals surface area contributed by atoms with Gasteiger partial charge in [-0.15, -0.1) is 0 Å². The van der Waals surface area contributed by atoms with Gasteiger partial charge in [0.05, 0.1) is 29.1 Å². The average Bonchev–Trinajstić information content (AvgIpc) is 3.06. The topological polar surface area (TPSA) is 98.3 Å². The fourth-order valence-corrected chi connectivity index (χ4v) is 8.61. The van der Waals surface area contributed by atoms with Crippen molar-refractivity contribution in [3.05, 3.63) is 24.3 Å². The number of anilines is 2. The third-order valence-corrected chi connectivity index (χ3v) is 11.4. The van der Waals surface area contributed by atoms with Crippen molar-refractivity contribution < 1.29 is 21.6 Å². The van der Waals surface area contributed by atoms with Crippen molar-refractivity contribution in [2.75, 3.05) is 78.6 Å². The van der Waals surface area contributed by atoms with Crippen molar-refractivity contribution in [2.45, 2.75) is 26.3 Å². The zero-order valence-electron chi connectivity index (χ0n) is 20.6. The van der Waals surface area contributed by atoms with E-state index in [9.17, 15) is 21.6 Å². The second kappa shape index (κ2) is 8.83. The molecule has 35 heavy (non-hydrogen) atoms. The van der Waals surface area contributed by atoms with E-state index >= 15 is 0 Å². The molecule has 1 unspecified atom stereocenters. The van der Waals surface area contributed by atoms with Gasteiger partial charge in [-0.1, -0.05) is 13.8 Å². The molecule has 1 aromatic carbocycles. The molecule has 11 heteroatoms. The van der Waals surface area contributed by atoms with Gasteiger partial charge in [-0.25, -0.2) is 21.6 Å². The summed E-state index contributed by atoms with van der Waals surface area (Å²) in [5.74, 6) is 0.837. The molecular weight excluding hydrogens is 488 g/mol. The van der Waals surface area contributed by atoms with Crippen molar-refractivity contribution in [3.63, 3.8) is 0 Å². The van der Waals surface area contributed by atoms with Gasteiger partial charge in [0, 0.05) is 57.2 Å². The number of nitrogens with zero attached hydrogens (tertiary/aromatic N) is 4. The Morgan fingerprint density at radius 3 is 1.91 bits per heavy atom. The van der Waals surface area contributed by atoms with Crippen molar-refractivity contribution in [1.29, 1.82) is 0 Å².